The lowest BCUT2D eigenvalue weighted by Gasteiger charge is -2.23. The molecule has 0 nitrogen and oxygen atoms in total. The highest BCUT2D eigenvalue weighted by molar-refractivity contribution is 14.0. The molecule has 14 heavy (non-hydrogen) atoms. The molecule has 0 N–H and O–H groups in total. The van der Waals surface area contributed by atoms with E-state index in [-0.39, 0.29) is 24.0 Å². The molecule has 0 unspecified atom stereocenters. The monoisotopic (exact) mass is 314 g/mol. The van der Waals surface area contributed by atoms with Crippen molar-refractivity contribution < 1.29 is 0 Å². The first kappa shape index (κ1) is 9.99. The molecule has 0 aliphatic heterocycles. The van der Waals surface area contributed by atoms with Gasteiger partial charge >= 0.3 is 0 Å². The van der Waals surface area contributed by atoms with Crippen molar-refractivity contribution >= 4 is 35.6 Å². The summed E-state index contributed by atoms with van der Waals surface area (Å²) in [5, 5.41) is 0.813. The fraction of sp³-hybridized carbons (Fsp3) is 0. The Balaban J connectivity index is 0.000000750. The van der Waals surface area contributed by atoms with Crippen LogP contribution in [0.15, 0.2) is 42.5 Å². The molecule has 3 rings (SSSR count). The minimum absolute atomic E-state index is 0. The molecule has 0 atom stereocenters. The number of fused-ring (bicyclic) bond motifs is 4. The van der Waals surface area contributed by atoms with E-state index in [1.807, 2.05) is 12.1 Å². The molecule has 0 spiro atoms. The Hall–Kier alpha value is -0.540. The van der Waals surface area contributed by atoms with Crippen molar-refractivity contribution in [2.45, 2.75) is 0 Å². The van der Waals surface area contributed by atoms with Gasteiger partial charge in [0.25, 0.3) is 0 Å². The van der Waals surface area contributed by atoms with Crippen LogP contribution in [0.4, 0.5) is 0 Å². The lowest BCUT2D eigenvalue weighted by Crippen LogP contribution is -1.97. The zero-order valence-electron chi connectivity index (χ0n) is 7.33. The van der Waals surface area contributed by atoms with Gasteiger partial charge in [-0.15, -0.1) is 24.0 Å². The second-order valence-electron chi connectivity index (χ2n) is 3.24. The van der Waals surface area contributed by atoms with Crippen molar-refractivity contribution in [3.05, 3.63) is 47.5 Å². The molecular weight excluding hydrogens is 306 g/mol. The number of benzene rings is 2. The van der Waals surface area contributed by atoms with E-state index in [2.05, 4.69) is 30.3 Å². The molecule has 2 heteroatoms. The molecule has 0 fully saturated rings. The quantitative estimate of drug-likeness (QED) is 0.532. The molecule has 2 aromatic rings. The van der Waals surface area contributed by atoms with Crippen molar-refractivity contribution in [3.8, 4) is 22.3 Å². The van der Waals surface area contributed by atoms with E-state index in [4.69, 9.17) is 11.6 Å². The third-order valence-corrected chi connectivity index (χ3v) is 2.72. The predicted octanol–water partition coefficient (Wildman–Crippen LogP) is 4.61. The van der Waals surface area contributed by atoms with Gasteiger partial charge in [0.2, 0.25) is 0 Å². The summed E-state index contributed by atoms with van der Waals surface area (Å²) in [5.41, 5.74) is 5.26. The van der Waals surface area contributed by atoms with Crippen LogP contribution >= 0.6 is 35.6 Å². The Kier molecular flexibility index (Phi) is 2.54. The Bertz CT molecular complexity index is 491. The minimum Gasteiger partial charge on any atom is -0.107 e. The summed E-state index contributed by atoms with van der Waals surface area (Å²) in [6.07, 6.45) is 0. The molecule has 0 saturated heterocycles. The average molecular weight is 315 g/mol. The highest BCUT2D eigenvalue weighted by Crippen LogP contribution is 2.47. The second-order valence-corrected chi connectivity index (χ2v) is 3.67. The topological polar surface area (TPSA) is 0 Å². The van der Waals surface area contributed by atoms with Crippen LogP contribution in [0.1, 0.15) is 0 Å². The average Bonchev–Trinajstić information content (AvgIpc) is 2.15. The van der Waals surface area contributed by atoms with Crippen molar-refractivity contribution in [1.82, 2.24) is 0 Å². The Labute approximate surface area is 105 Å². The first-order valence-electron chi connectivity index (χ1n) is 4.25. The molecule has 0 saturated carbocycles. The Morgan fingerprint density at radius 1 is 0.714 bits per heavy atom. The van der Waals surface area contributed by atoms with E-state index >= 15 is 0 Å². The molecule has 0 bridgehead atoms. The van der Waals surface area contributed by atoms with E-state index < -0.39 is 0 Å². The van der Waals surface area contributed by atoms with Gasteiger partial charge in [0.1, 0.15) is 0 Å². The van der Waals surface area contributed by atoms with Gasteiger partial charge in [-0.3, -0.25) is 0 Å². The normalized spacial score (nSPS) is 10.6. The molecule has 2 aromatic carbocycles. The van der Waals surface area contributed by atoms with Gasteiger partial charge in [-0.2, -0.15) is 0 Å². The third-order valence-electron chi connectivity index (χ3n) is 2.49. The van der Waals surface area contributed by atoms with Gasteiger partial charge in [0.05, 0.1) is 0 Å². The summed E-state index contributed by atoms with van der Waals surface area (Å²) in [6.45, 7) is 0. The van der Waals surface area contributed by atoms with Gasteiger partial charge in [0.15, 0.2) is 0 Å². The van der Waals surface area contributed by atoms with Crippen molar-refractivity contribution in [3.63, 3.8) is 0 Å². The van der Waals surface area contributed by atoms with Crippen LogP contribution < -0.4 is 0 Å². The maximum Gasteiger partial charge on any atom is 0.0412 e. The Morgan fingerprint density at radius 2 is 1.29 bits per heavy atom. The molecule has 0 heterocycles. The molecule has 1 aliphatic rings. The standard InChI is InChI=1S/C12H7Cl.HI/c13-8-5-6-11-9-3-1-2-4-10(9)12(11)7-8;/h1-7H;1H. The number of hydrogen-bond acceptors (Lipinski definition) is 0. The van der Waals surface area contributed by atoms with Crippen LogP contribution in [0.3, 0.4) is 0 Å². The number of rotatable bonds is 0. The summed E-state index contributed by atoms with van der Waals surface area (Å²) in [5.74, 6) is 0. The van der Waals surface area contributed by atoms with Crippen LogP contribution in [0.2, 0.25) is 5.02 Å². The van der Waals surface area contributed by atoms with E-state index in [0.717, 1.165) is 5.02 Å². The van der Waals surface area contributed by atoms with Crippen LogP contribution in [-0.2, 0) is 0 Å². The largest absolute Gasteiger partial charge is 0.107 e. The smallest absolute Gasteiger partial charge is 0.0412 e. The SMILES string of the molecule is Clc1ccc2c(c1)-c1ccccc1-2.I. The van der Waals surface area contributed by atoms with Gasteiger partial charge in [-0.25, -0.2) is 0 Å². The zero-order chi connectivity index (χ0) is 8.84. The maximum absolute atomic E-state index is 5.92. The summed E-state index contributed by atoms with van der Waals surface area (Å²) in [7, 11) is 0. The van der Waals surface area contributed by atoms with Gasteiger partial charge in [-0.1, -0.05) is 41.9 Å². The van der Waals surface area contributed by atoms with Crippen LogP contribution in [0.5, 0.6) is 0 Å². The van der Waals surface area contributed by atoms with Crippen molar-refractivity contribution in [2.75, 3.05) is 0 Å². The molecular formula is C12H8ClI. The highest BCUT2D eigenvalue weighted by Gasteiger charge is 2.20. The van der Waals surface area contributed by atoms with Crippen molar-refractivity contribution in [2.24, 2.45) is 0 Å². The lowest BCUT2D eigenvalue weighted by atomic mass is 9.81. The fourth-order valence-corrected chi connectivity index (χ4v) is 2.04. The summed E-state index contributed by atoms with van der Waals surface area (Å²) in [6, 6.07) is 14.5. The minimum atomic E-state index is 0. The van der Waals surface area contributed by atoms with Crippen molar-refractivity contribution in [1.29, 1.82) is 0 Å². The number of halogens is 2. The van der Waals surface area contributed by atoms with E-state index in [0.29, 0.717) is 0 Å². The molecule has 0 radical (unpaired) electrons. The number of hydrogen-bond donors (Lipinski definition) is 0. The molecule has 1 aliphatic carbocycles. The van der Waals surface area contributed by atoms with E-state index in [9.17, 15) is 0 Å². The highest BCUT2D eigenvalue weighted by atomic mass is 127. The zero-order valence-corrected chi connectivity index (χ0v) is 10.4. The van der Waals surface area contributed by atoms with Gasteiger partial charge in [-0.05, 0) is 34.4 Å². The second kappa shape index (κ2) is 3.55. The first-order chi connectivity index (χ1) is 6.36. The van der Waals surface area contributed by atoms with Gasteiger partial charge in [0, 0.05) is 5.02 Å². The lowest BCUT2D eigenvalue weighted by molar-refractivity contribution is 1.52. The summed E-state index contributed by atoms with van der Waals surface area (Å²) < 4.78 is 0. The molecule has 0 amide bonds. The molecule has 70 valence electrons. The molecule has 0 aromatic heterocycles. The van der Waals surface area contributed by atoms with E-state index in [1.165, 1.54) is 22.3 Å². The summed E-state index contributed by atoms with van der Waals surface area (Å²) in [4.78, 5) is 0. The Morgan fingerprint density at radius 3 is 2.00 bits per heavy atom. The summed E-state index contributed by atoms with van der Waals surface area (Å²) >= 11 is 5.92. The predicted molar refractivity (Wildman–Crippen MR) is 71.3 cm³/mol. The van der Waals surface area contributed by atoms with Crippen LogP contribution in [0.25, 0.3) is 22.3 Å². The fourth-order valence-electron chi connectivity index (χ4n) is 1.86. The third kappa shape index (κ3) is 1.27. The van der Waals surface area contributed by atoms with Gasteiger partial charge < -0.3 is 0 Å². The van der Waals surface area contributed by atoms with Crippen LogP contribution in [-0.4, -0.2) is 0 Å². The maximum atomic E-state index is 5.92. The first-order valence-corrected chi connectivity index (χ1v) is 4.63. The van der Waals surface area contributed by atoms with Crippen LogP contribution in [0, 0.1) is 0 Å². The van der Waals surface area contributed by atoms with E-state index in [1.54, 1.807) is 0 Å².